The largest absolute Gasteiger partial charge is 0.387 e. The first kappa shape index (κ1) is 12.8. The molecule has 0 aromatic heterocycles. The van der Waals surface area contributed by atoms with Crippen LogP contribution in [0, 0.1) is 6.92 Å². The van der Waals surface area contributed by atoms with E-state index in [-0.39, 0.29) is 6.04 Å². The normalized spacial score (nSPS) is 14.2. The van der Waals surface area contributed by atoms with Crippen LogP contribution in [-0.2, 0) is 6.42 Å². The molecule has 2 nitrogen and oxygen atoms in total. The van der Waals surface area contributed by atoms with Gasteiger partial charge < -0.3 is 10.8 Å². The Kier molecular flexibility index (Phi) is 4.13. The second-order valence-electron chi connectivity index (χ2n) is 4.71. The van der Waals surface area contributed by atoms with Crippen molar-refractivity contribution >= 4 is 0 Å². The summed E-state index contributed by atoms with van der Waals surface area (Å²) < 4.78 is 0. The van der Waals surface area contributed by atoms with Gasteiger partial charge in [0.1, 0.15) is 0 Å². The van der Waals surface area contributed by atoms with Crippen molar-refractivity contribution in [2.45, 2.75) is 25.5 Å². The van der Waals surface area contributed by atoms with Crippen molar-refractivity contribution in [1.29, 1.82) is 0 Å². The highest BCUT2D eigenvalue weighted by atomic mass is 16.3. The summed E-state index contributed by atoms with van der Waals surface area (Å²) in [6.07, 6.45) is 0.0589. The molecule has 0 saturated heterocycles. The van der Waals surface area contributed by atoms with E-state index in [0.717, 1.165) is 11.1 Å². The van der Waals surface area contributed by atoms with Crippen LogP contribution in [0.2, 0.25) is 0 Å². The molecule has 0 saturated carbocycles. The molecular formula is C16H19NO. The number of aliphatic hydroxyl groups excluding tert-OH is 1. The van der Waals surface area contributed by atoms with Crippen molar-refractivity contribution in [1.82, 2.24) is 0 Å². The Morgan fingerprint density at radius 2 is 1.61 bits per heavy atom. The lowest BCUT2D eigenvalue weighted by atomic mass is 9.96. The smallest absolute Gasteiger partial charge is 0.0944 e. The molecule has 0 aliphatic rings. The molecular weight excluding hydrogens is 222 g/mol. The summed E-state index contributed by atoms with van der Waals surface area (Å²) in [6, 6.07) is 17.5. The van der Waals surface area contributed by atoms with Gasteiger partial charge in [0.25, 0.3) is 0 Å². The van der Waals surface area contributed by atoms with Crippen LogP contribution >= 0.6 is 0 Å². The van der Waals surface area contributed by atoms with E-state index in [2.05, 4.69) is 31.2 Å². The summed E-state index contributed by atoms with van der Waals surface area (Å²) in [5.74, 6) is 0. The Labute approximate surface area is 108 Å². The van der Waals surface area contributed by atoms with Gasteiger partial charge in [-0.1, -0.05) is 60.2 Å². The van der Waals surface area contributed by atoms with Gasteiger partial charge in [-0.25, -0.2) is 0 Å². The highest BCUT2D eigenvalue weighted by molar-refractivity contribution is 5.24. The maximum atomic E-state index is 10.2. The van der Waals surface area contributed by atoms with Gasteiger partial charge in [0.15, 0.2) is 0 Å². The van der Waals surface area contributed by atoms with Crippen molar-refractivity contribution in [3.8, 4) is 0 Å². The number of nitrogens with two attached hydrogens (primary N) is 1. The molecule has 94 valence electrons. The number of aliphatic hydroxyl groups is 1. The molecule has 0 fully saturated rings. The molecule has 2 aromatic rings. The quantitative estimate of drug-likeness (QED) is 0.864. The van der Waals surface area contributed by atoms with Gasteiger partial charge in [0.05, 0.1) is 6.10 Å². The average molecular weight is 241 g/mol. The van der Waals surface area contributed by atoms with Crippen LogP contribution in [0.1, 0.15) is 22.8 Å². The monoisotopic (exact) mass is 241 g/mol. The second-order valence-corrected chi connectivity index (χ2v) is 4.71. The average Bonchev–Trinajstić information content (AvgIpc) is 2.41. The lowest BCUT2D eigenvalue weighted by molar-refractivity contribution is 0.146. The van der Waals surface area contributed by atoms with Crippen LogP contribution < -0.4 is 5.73 Å². The highest BCUT2D eigenvalue weighted by Crippen LogP contribution is 2.18. The van der Waals surface area contributed by atoms with Gasteiger partial charge >= 0.3 is 0 Å². The third kappa shape index (κ3) is 3.19. The SMILES string of the molecule is Cc1ccc(CC(N)C(O)c2ccccc2)cc1. The summed E-state index contributed by atoms with van der Waals surface area (Å²) in [7, 11) is 0. The highest BCUT2D eigenvalue weighted by Gasteiger charge is 2.16. The lowest BCUT2D eigenvalue weighted by Crippen LogP contribution is -2.30. The molecule has 0 spiro atoms. The summed E-state index contributed by atoms with van der Waals surface area (Å²) >= 11 is 0. The Morgan fingerprint density at radius 3 is 2.22 bits per heavy atom. The van der Waals surface area contributed by atoms with Crippen molar-refractivity contribution in [2.75, 3.05) is 0 Å². The van der Waals surface area contributed by atoms with E-state index in [9.17, 15) is 5.11 Å². The van der Waals surface area contributed by atoms with E-state index < -0.39 is 6.10 Å². The molecule has 2 heteroatoms. The van der Waals surface area contributed by atoms with E-state index in [1.807, 2.05) is 30.3 Å². The van der Waals surface area contributed by atoms with Gasteiger partial charge in [0, 0.05) is 6.04 Å². The van der Waals surface area contributed by atoms with Gasteiger partial charge in [-0.3, -0.25) is 0 Å². The fraction of sp³-hybridized carbons (Fsp3) is 0.250. The molecule has 2 aromatic carbocycles. The molecule has 0 heterocycles. The maximum absolute atomic E-state index is 10.2. The fourth-order valence-corrected chi connectivity index (χ4v) is 2.01. The number of hydrogen-bond donors (Lipinski definition) is 2. The molecule has 2 unspecified atom stereocenters. The number of hydrogen-bond acceptors (Lipinski definition) is 2. The first-order valence-corrected chi connectivity index (χ1v) is 6.21. The first-order valence-electron chi connectivity index (χ1n) is 6.21. The molecule has 2 rings (SSSR count). The Hall–Kier alpha value is -1.64. The van der Waals surface area contributed by atoms with Crippen LogP contribution in [0.15, 0.2) is 54.6 Å². The summed E-state index contributed by atoms with van der Waals surface area (Å²) in [6.45, 7) is 2.06. The zero-order valence-corrected chi connectivity index (χ0v) is 10.6. The van der Waals surface area contributed by atoms with Crippen molar-refractivity contribution in [3.05, 3.63) is 71.3 Å². The van der Waals surface area contributed by atoms with E-state index in [1.54, 1.807) is 0 Å². The minimum atomic E-state index is -0.618. The predicted octanol–water partition coefficient (Wildman–Crippen LogP) is 2.60. The van der Waals surface area contributed by atoms with Crippen LogP contribution in [0.25, 0.3) is 0 Å². The first-order chi connectivity index (χ1) is 8.66. The minimum Gasteiger partial charge on any atom is -0.387 e. The zero-order chi connectivity index (χ0) is 13.0. The third-order valence-corrected chi connectivity index (χ3v) is 3.14. The topological polar surface area (TPSA) is 46.2 Å². The predicted molar refractivity (Wildman–Crippen MR) is 74.3 cm³/mol. The lowest BCUT2D eigenvalue weighted by Gasteiger charge is -2.19. The van der Waals surface area contributed by atoms with Crippen LogP contribution in [0.5, 0.6) is 0 Å². The van der Waals surface area contributed by atoms with E-state index in [1.165, 1.54) is 5.56 Å². The molecule has 18 heavy (non-hydrogen) atoms. The third-order valence-electron chi connectivity index (χ3n) is 3.14. The molecule has 0 amide bonds. The van der Waals surface area contributed by atoms with E-state index in [4.69, 9.17) is 5.73 Å². The summed E-state index contributed by atoms with van der Waals surface area (Å²) in [5.41, 5.74) is 9.33. The van der Waals surface area contributed by atoms with Crippen molar-refractivity contribution in [3.63, 3.8) is 0 Å². The van der Waals surface area contributed by atoms with Crippen molar-refractivity contribution in [2.24, 2.45) is 5.73 Å². The van der Waals surface area contributed by atoms with Crippen LogP contribution in [0.4, 0.5) is 0 Å². The molecule has 0 radical (unpaired) electrons. The second kappa shape index (κ2) is 5.80. The molecule has 2 atom stereocenters. The van der Waals surface area contributed by atoms with Crippen LogP contribution in [-0.4, -0.2) is 11.1 Å². The molecule has 0 aliphatic carbocycles. The Bertz CT molecular complexity index is 478. The van der Waals surface area contributed by atoms with Gasteiger partial charge in [-0.05, 0) is 24.5 Å². The van der Waals surface area contributed by atoms with Gasteiger partial charge in [-0.2, -0.15) is 0 Å². The van der Waals surface area contributed by atoms with Crippen molar-refractivity contribution < 1.29 is 5.11 Å². The number of aryl methyl sites for hydroxylation is 1. The fourth-order valence-electron chi connectivity index (χ4n) is 2.01. The van der Waals surface area contributed by atoms with Crippen LogP contribution in [0.3, 0.4) is 0 Å². The maximum Gasteiger partial charge on any atom is 0.0944 e. The molecule has 3 N–H and O–H groups in total. The van der Waals surface area contributed by atoms with Gasteiger partial charge in [0.2, 0.25) is 0 Å². The minimum absolute atomic E-state index is 0.282. The van der Waals surface area contributed by atoms with Gasteiger partial charge in [-0.15, -0.1) is 0 Å². The Balaban J connectivity index is 2.03. The number of benzene rings is 2. The van der Waals surface area contributed by atoms with E-state index >= 15 is 0 Å². The standard InChI is InChI=1S/C16H19NO/c1-12-7-9-13(10-8-12)11-15(17)16(18)14-5-3-2-4-6-14/h2-10,15-16,18H,11,17H2,1H3. The van der Waals surface area contributed by atoms with E-state index in [0.29, 0.717) is 6.42 Å². The molecule has 0 aliphatic heterocycles. The number of rotatable bonds is 4. The Morgan fingerprint density at radius 1 is 1.00 bits per heavy atom. The summed E-state index contributed by atoms with van der Waals surface area (Å²) in [4.78, 5) is 0. The molecule has 0 bridgehead atoms. The zero-order valence-electron chi connectivity index (χ0n) is 10.6. The summed E-state index contributed by atoms with van der Waals surface area (Å²) in [5, 5.41) is 10.2.